The summed E-state index contributed by atoms with van der Waals surface area (Å²) in [6, 6.07) is 0. The van der Waals surface area contributed by atoms with Gasteiger partial charge in [0.1, 0.15) is 5.82 Å². The highest BCUT2D eigenvalue weighted by Gasteiger charge is 2.41. The third kappa shape index (κ3) is 1.71. The zero-order valence-corrected chi connectivity index (χ0v) is 9.58. The van der Waals surface area contributed by atoms with Crippen LogP contribution in [0.2, 0.25) is 0 Å². The Balaban J connectivity index is 2.44. The molecular weight excluding hydrogens is 216 g/mol. The average Bonchev–Trinajstić information content (AvgIpc) is 2.54. The molecule has 0 bridgehead atoms. The summed E-state index contributed by atoms with van der Waals surface area (Å²) in [5.41, 5.74) is 4.99. The van der Waals surface area contributed by atoms with Crippen molar-refractivity contribution < 1.29 is 8.42 Å². The lowest BCUT2D eigenvalue weighted by atomic mass is 10.0. The first-order chi connectivity index (χ1) is 6.82. The van der Waals surface area contributed by atoms with Gasteiger partial charge in [-0.2, -0.15) is 4.98 Å². The van der Waals surface area contributed by atoms with Crippen LogP contribution in [0, 0.1) is 6.92 Å². The molecule has 7 heteroatoms. The molecule has 1 fully saturated rings. The number of aromatic nitrogens is 3. The van der Waals surface area contributed by atoms with Crippen molar-refractivity contribution in [2.24, 2.45) is 0 Å². The summed E-state index contributed by atoms with van der Waals surface area (Å²) in [5.74, 6) is 1.18. The van der Waals surface area contributed by atoms with Gasteiger partial charge in [-0.05, 0) is 20.3 Å². The minimum Gasteiger partial charge on any atom is -0.366 e. The van der Waals surface area contributed by atoms with E-state index in [-0.39, 0.29) is 17.5 Å². The van der Waals surface area contributed by atoms with Crippen LogP contribution in [0.3, 0.4) is 0 Å². The fourth-order valence-corrected chi connectivity index (χ4v) is 4.19. The highest BCUT2D eigenvalue weighted by atomic mass is 32.2. The van der Waals surface area contributed by atoms with Gasteiger partial charge in [0.2, 0.25) is 5.95 Å². The van der Waals surface area contributed by atoms with Crippen LogP contribution in [-0.4, -0.2) is 34.7 Å². The number of sulfone groups is 1. The first-order valence-corrected chi connectivity index (χ1v) is 6.55. The average molecular weight is 230 g/mol. The number of rotatable bonds is 1. The van der Waals surface area contributed by atoms with Crippen LogP contribution in [0.5, 0.6) is 0 Å². The molecule has 84 valence electrons. The van der Waals surface area contributed by atoms with Crippen molar-refractivity contribution in [3.63, 3.8) is 0 Å². The molecule has 0 radical (unpaired) electrons. The van der Waals surface area contributed by atoms with E-state index >= 15 is 0 Å². The topological polar surface area (TPSA) is 90.9 Å². The lowest BCUT2D eigenvalue weighted by Crippen LogP contribution is -2.33. The summed E-state index contributed by atoms with van der Waals surface area (Å²) >= 11 is 0. The molecule has 1 aliphatic rings. The highest BCUT2D eigenvalue weighted by molar-refractivity contribution is 7.91. The molecule has 0 aromatic carbocycles. The van der Waals surface area contributed by atoms with Gasteiger partial charge in [-0.3, -0.25) is 0 Å². The summed E-state index contributed by atoms with van der Waals surface area (Å²) in [7, 11) is -2.94. The zero-order chi connectivity index (χ0) is 11.3. The van der Waals surface area contributed by atoms with Crippen molar-refractivity contribution in [2.45, 2.75) is 25.8 Å². The largest absolute Gasteiger partial charge is 0.366 e. The van der Waals surface area contributed by atoms with Crippen molar-refractivity contribution >= 4 is 15.8 Å². The molecule has 15 heavy (non-hydrogen) atoms. The van der Waals surface area contributed by atoms with E-state index in [4.69, 9.17) is 5.73 Å². The Morgan fingerprint density at radius 1 is 1.53 bits per heavy atom. The van der Waals surface area contributed by atoms with Crippen molar-refractivity contribution in [1.82, 2.24) is 14.8 Å². The van der Waals surface area contributed by atoms with Crippen molar-refractivity contribution in [3.05, 3.63) is 5.82 Å². The standard InChI is InChI=1S/C8H14N4O2S/c1-6-10-7(9)11-12(6)8(2)3-4-15(13,14)5-8/h3-5H2,1-2H3,(H2,9,11). The van der Waals surface area contributed by atoms with Crippen LogP contribution in [0.4, 0.5) is 5.95 Å². The molecule has 1 aliphatic heterocycles. The monoisotopic (exact) mass is 230 g/mol. The predicted molar refractivity (Wildman–Crippen MR) is 56.1 cm³/mol. The van der Waals surface area contributed by atoms with Gasteiger partial charge in [0.25, 0.3) is 0 Å². The minimum atomic E-state index is -2.94. The summed E-state index contributed by atoms with van der Waals surface area (Å²) in [4.78, 5) is 3.98. The van der Waals surface area contributed by atoms with E-state index < -0.39 is 15.4 Å². The van der Waals surface area contributed by atoms with Crippen LogP contribution in [0.25, 0.3) is 0 Å². The summed E-state index contributed by atoms with van der Waals surface area (Å²) in [5, 5.41) is 4.05. The smallest absolute Gasteiger partial charge is 0.239 e. The third-order valence-electron chi connectivity index (χ3n) is 2.78. The lowest BCUT2D eigenvalue weighted by Gasteiger charge is -2.23. The number of hydrogen-bond acceptors (Lipinski definition) is 5. The Hall–Kier alpha value is -1.11. The van der Waals surface area contributed by atoms with Gasteiger partial charge in [0.05, 0.1) is 17.0 Å². The van der Waals surface area contributed by atoms with Crippen molar-refractivity contribution in [1.29, 1.82) is 0 Å². The van der Waals surface area contributed by atoms with Gasteiger partial charge in [-0.15, -0.1) is 5.10 Å². The van der Waals surface area contributed by atoms with Crippen LogP contribution in [0.1, 0.15) is 19.2 Å². The summed E-state index contributed by atoms with van der Waals surface area (Å²) < 4.78 is 24.5. The fraction of sp³-hybridized carbons (Fsp3) is 0.750. The fourth-order valence-electron chi connectivity index (χ4n) is 2.08. The van der Waals surface area contributed by atoms with E-state index in [0.29, 0.717) is 12.2 Å². The highest BCUT2D eigenvalue weighted by Crippen LogP contribution is 2.30. The Morgan fingerprint density at radius 3 is 2.60 bits per heavy atom. The SMILES string of the molecule is Cc1nc(N)nn1C1(C)CCS(=O)(=O)C1. The van der Waals surface area contributed by atoms with E-state index in [2.05, 4.69) is 10.1 Å². The van der Waals surface area contributed by atoms with E-state index in [1.54, 1.807) is 11.6 Å². The van der Waals surface area contributed by atoms with Crippen LogP contribution in [0.15, 0.2) is 0 Å². The number of hydrogen-bond donors (Lipinski definition) is 1. The maximum Gasteiger partial charge on any atom is 0.239 e. The molecule has 0 saturated carbocycles. The van der Waals surface area contributed by atoms with E-state index in [0.717, 1.165) is 0 Å². The molecule has 2 rings (SSSR count). The number of nitrogens with two attached hydrogens (primary N) is 1. The number of nitrogens with zero attached hydrogens (tertiary/aromatic N) is 3. The van der Waals surface area contributed by atoms with Crippen molar-refractivity contribution in [2.75, 3.05) is 17.2 Å². The molecular formula is C8H14N4O2S. The van der Waals surface area contributed by atoms with E-state index in [1.165, 1.54) is 0 Å². The maximum absolute atomic E-state index is 11.4. The number of nitrogen functional groups attached to an aromatic ring is 1. The van der Waals surface area contributed by atoms with Crippen LogP contribution < -0.4 is 5.73 Å². The van der Waals surface area contributed by atoms with Gasteiger partial charge in [0, 0.05) is 0 Å². The van der Waals surface area contributed by atoms with Gasteiger partial charge in [-0.25, -0.2) is 13.1 Å². The maximum atomic E-state index is 11.4. The molecule has 0 aliphatic carbocycles. The second kappa shape index (κ2) is 2.94. The zero-order valence-electron chi connectivity index (χ0n) is 8.77. The Bertz CT molecular complexity index is 493. The second-order valence-corrected chi connectivity index (χ2v) is 6.45. The van der Waals surface area contributed by atoms with Crippen LogP contribution >= 0.6 is 0 Å². The molecule has 2 N–H and O–H groups in total. The van der Waals surface area contributed by atoms with Gasteiger partial charge in [-0.1, -0.05) is 0 Å². The number of anilines is 1. The predicted octanol–water partition coefficient (Wildman–Crippen LogP) is -0.298. The van der Waals surface area contributed by atoms with E-state index in [1.807, 2.05) is 6.92 Å². The van der Waals surface area contributed by atoms with Gasteiger partial charge < -0.3 is 5.73 Å². The van der Waals surface area contributed by atoms with Crippen molar-refractivity contribution in [3.8, 4) is 0 Å². The minimum absolute atomic E-state index is 0.115. The summed E-state index contributed by atoms with van der Waals surface area (Å²) in [6.07, 6.45) is 0.568. The summed E-state index contributed by atoms with van der Waals surface area (Å²) in [6.45, 7) is 3.65. The quantitative estimate of drug-likeness (QED) is 0.715. The third-order valence-corrected chi connectivity index (χ3v) is 4.67. The Kier molecular flexibility index (Phi) is 2.04. The molecule has 6 nitrogen and oxygen atoms in total. The molecule has 1 unspecified atom stereocenters. The molecule has 1 aromatic heterocycles. The molecule has 0 amide bonds. The molecule has 1 atom stereocenters. The van der Waals surface area contributed by atoms with Gasteiger partial charge >= 0.3 is 0 Å². The molecule has 1 saturated heterocycles. The normalized spacial score (nSPS) is 29.5. The van der Waals surface area contributed by atoms with Gasteiger partial charge in [0.15, 0.2) is 9.84 Å². The Labute approximate surface area is 88.4 Å². The second-order valence-electron chi connectivity index (χ2n) is 4.27. The number of aryl methyl sites for hydroxylation is 1. The first kappa shape index (κ1) is 10.4. The molecule has 1 aromatic rings. The molecule has 0 spiro atoms. The first-order valence-electron chi connectivity index (χ1n) is 4.72. The van der Waals surface area contributed by atoms with Crippen LogP contribution in [-0.2, 0) is 15.4 Å². The molecule has 2 heterocycles. The van der Waals surface area contributed by atoms with E-state index in [9.17, 15) is 8.42 Å². The lowest BCUT2D eigenvalue weighted by molar-refractivity contribution is 0.321. The Morgan fingerprint density at radius 2 is 2.20 bits per heavy atom.